The van der Waals surface area contributed by atoms with Crippen molar-refractivity contribution >= 4 is 6.47 Å². The second kappa shape index (κ2) is 7.58. The number of rotatable bonds is 9. The fourth-order valence-electron chi connectivity index (χ4n) is 2.11. The molecule has 0 saturated heterocycles. The normalized spacial score (nSPS) is 18.6. The molecule has 2 atom stereocenters. The number of hydrogen-bond acceptors (Lipinski definition) is 5. The van der Waals surface area contributed by atoms with Crippen LogP contribution >= 0.6 is 0 Å². The van der Waals surface area contributed by atoms with Crippen molar-refractivity contribution in [2.75, 3.05) is 7.11 Å². The summed E-state index contributed by atoms with van der Waals surface area (Å²) in [5.74, 6) is 0.787. The SMILES string of the molecule is COC(C)(CC(C)C)N=NC(C)(CC(C)C)OC=O. The lowest BCUT2D eigenvalue weighted by molar-refractivity contribution is -0.144. The molecule has 19 heavy (non-hydrogen) atoms. The highest BCUT2D eigenvalue weighted by molar-refractivity contribution is 5.38. The minimum Gasteiger partial charge on any atom is -0.438 e. The van der Waals surface area contributed by atoms with E-state index in [0.717, 1.165) is 6.42 Å². The van der Waals surface area contributed by atoms with Gasteiger partial charge in [0, 0.05) is 20.0 Å². The Morgan fingerprint density at radius 2 is 1.42 bits per heavy atom. The summed E-state index contributed by atoms with van der Waals surface area (Å²) in [6, 6.07) is 0. The van der Waals surface area contributed by atoms with Crippen molar-refractivity contribution in [3.8, 4) is 0 Å². The summed E-state index contributed by atoms with van der Waals surface area (Å²) in [6.45, 7) is 12.4. The van der Waals surface area contributed by atoms with Crippen LogP contribution in [0.25, 0.3) is 0 Å². The number of methoxy groups -OCH3 is 1. The van der Waals surface area contributed by atoms with Crippen LogP contribution in [0.3, 0.4) is 0 Å². The maximum Gasteiger partial charge on any atom is 0.295 e. The van der Waals surface area contributed by atoms with Crippen molar-refractivity contribution in [1.29, 1.82) is 0 Å². The molecule has 5 heteroatoms. The number of carbonyl (C=O) groups excluding carboxylic acids is 1. The van der Waals surface area contributed by atoms with Gasteiger partial charge in [-0.25, -0.2) is 0 Å². The number of hydrogen-bond donors (Lipinski definition) is 0. The van der Waals surface area contributed by atoms with Crippen LogP contribution in [-0.2, 0) is 14.3 Å². The number of azo groups is 1. The molecule has 0 aliphatic rings. The molecular weight excluding hydrogens is 244 g/mol. The standard InChI is InChI=1S/C14H28N2O3/c1-11(2)8-13(5,18-7)15-16-14(6,19-10-17)9-12(3)4/h10-12H,8-9H2,1-7H3. The maximum atomic E-state index is 10.6. The van der Waals surface area contributed by atoms with E-state index < -0.39 is 11.4 Å². The average molecular weight is 272 g/mol. The monoisotopic (exact) mass is 272 g/mol. The predicted octanol–water partition coefficient (Wildman–Crippen LogP) is 3.78. The molecule has 0 aromatic heterocycles. The summed E-state index contributed by atoms with van der Waals surface area (Å²) < 4.78 is 10.5. The summed E-state index contributed by atoms with van der Waals surface area (Å²) in [5, 5.41) is 8.50. The quantitative estimate of drug-likeness (QED) is 0.474. The summed E-state index contributed by atoms with van der Waals surface area (Å²) in [4.78, 5) is 10.6. The molecule has 0 bridgehead atoms. The first kappa shape index (κ1) is 18.0. The highest BCUT2D eigenvalue weighted by Crippen LogP contribution is 2.27. The van der Waals surface area contributed by atoms with Gasteiger partial charge in [0.1, 0.15) is 0 Å². The summed E-state index contributed by atoms with van der Waals surface area (Å²) in [6.07, 6.45) is 1.38. The van der Waals surface area contributed by atoms with Gasteiger partial charge in [0.2, 0.25) is 5.72 Å². The average Bonchev–Trinajstić information content (AvgIpc) is 2.25. The van der Waals surface area contributed by atoms with Crippen LogP contribution in [-0.4, -0.2) is 25.0 Å². The van der Waals surface area contributed by atoms with Gasteiger partial charge in [0.25, 0.3) is 6.47 Å². The van der Waals surface area contributed by atoms with E-state index in [0.29, 0.717) is 24.7 Å². The van der Waals surface area contributed by atoms with E-state index in [1.165, 1.54) is 0 Å². The van der Waals surface area contributed by atoms with Gasteiger partial charge in [-0.3, -0.25) is 4.79 Å². The van der Waals surface area contributed by atoms with E-state index >= 15 is 0 Å². The van der Waals surface area contributed by atoms with Crippen molar-refractivity contribution < 1.29 is 14.3 Å². The third kappa shape index (κ3) is 7.25. The number of nitrogens with zero attached hydrogens (tertiary/aromatic N) is 2. The molecule has 0 amide bonds. The molecule has 0 radical (unpaired) electrons. The van der Waals surface area contributed by atoms with E-state index in [-0.39, 0.29) is 0 Å². The Balaban J connectivity index is 4.98. The van der Waals surface area contributed by atoms with E-state index in [1.807, 2.05) is 20.8 Å². The van der Waals surface area contributed by atoms with Crippen molar-refractivity contribution in [1.82, 2.24) is 0 Å². The molecule has 112 valence electrons. The lowest BCUT2D eigenvalue weighted by Gasteiger charge is -2.28. The third-order valence-electron chi connectivity index (χ3n) is 2.79. The van der Waals surface area contributed by atoms with Gasteiger partial charge in [-0.2, -0.15) is 5.11 Å². The van der Waals surface area contributed by atoms with Gasteiger partial charge in [0.05, 0.1) is 0 Å². The van der Waals surface area contributed by atoms with Crippen molar-refractivity contribution in [2.45, 2.75) is 65.8 Å². The Bertz CT molecular complexity index is 305. The van der Waals surface area contributed by atoms with Crippen LogP contribution in [0.5, 0.6) is 0 Å². The predicted molar refractivity (Wildman–Crippen MR) is 74.7 cm³/mol. The Labute approximate surface area is 116 Å². The van der Waals surface area contributed by atoms with Gasteiger partial charge < -0.3 is 9.47 Å². The van der Waals surface area contributed by atoms with Crippen molar-refractivity contribution in [3.05, 3.63) is 0 Å². The van der Waals surface area contributed by atoms with Gasteiger partial charge in [-0.15, -0.1) is 5.11 Å². The zero-order chi connectivity index (χ0) is 15.1. The highest BCUT2D eigenvalue weighted by Gasteiger charge is 2.30. The molecule has 0 aliphatic heterocycles. The third-order valence-corrected chi connectivity index (χ3v) is 2.79. The summed E-state index contributed by atoms with van der Waals surface area (Å²) in [7, 11) is 1.61. The van der Waals surface area contributed by atoms with Crippen LogP contribution in [0.4, 0.5) is 0 Å². The topological polar surface area (TPSA) is 60.3 Å². The number of ether oxygens (including phenoxy) is 2. The Kier molecular flexibility index (Phi) is 7.19. The van der Waals surface area contributed by atoms with Crippen LogP contribution in [0.1, 0.15) is 54.4 Å². The fourth-order valence-corrected chi connectivity index (χ4v) is 2.11. The Morgan fingerprint density at radius 1 is 1.00 bits per heavy atom. The van der Waals surface area contributed by atoms with Gasteiger partial charge >= 0.3 is 0 Å². The van der Waals surface area contributed by atoms with Crippen LogP contribution in [0.15, 0.2) is 10.2 Å². The molecule has 0 N–H and O–H groups in total. The molecule has 0 rings (SSSR count). The smallest absolute Gasteiger partial charge is 0.295 e. The van der Waals surface area contributed by atoms with Gasteiger partial charge in [0.15, 0.2) is 5.72 Å². The molecule has 0 spiro atoms. The zero-order valence-electron chi connectivity index (χ0n) is 13.3. The minimum absolute atomic E-state index is 0.350. The Hall–Kier alpha value is -0.970. The first-order valence-electron chi connectivity index (χ1n) is 6.77. The first-order chi connectivity index (χ1) is 8.66. The molecule has 0 aromatic carbocycles. The van der Waals surface area contributed by atoms with Crippen LogP contribution in [0.2, 0.25) is 0 Å². The second-order valence-corrected chi connectivity index (χ2v) is 6.16. The maximum absolute atomic E-state index is 10.6. The molecule has 0 aliphatic carbocycles. The van der Waals surface area contributed by atoms with Gasteiger partial charge in [-0.1, -0.05) is 27.7 Å². The van der Waals surface area contributed by atoms with E-state index in [2.05, 4.69) is 24.1 Å². The first-order valence-corrected chi connectivity index (χ1v) is 6.77. The second-order valence-electron chi connectivity index (χ2n) is 6.16. The fraction of sp³-hybridized carbons (Fsp3) is 0.929. The highest BCUT2D eigenvalue weighted by atomic mass is 16.6. The molecular formula is C14H28N2O3. The van der Waals surface area contributed by atoms with E-state index in [9.17, 15) is 4.79 Å². The minimum atomic E-state index is -0.924. The lowest BCUT2D eigenvalue weighted by Crippen LogP contribution is -2.31. The van der Waals surface area contributed by atoms with Crippen molar-refractivity contribution in [2.24, 2.45) is 22.1 Å². The zero-order valence-corrected chi connectivity index (χ0v) is 13.3. The lowest BCUT2D eigenvalue weighted by atomic mass is 10.0. The summed E-state index contributed by atoms with van der Waals surface area (Å²) >= 11 is 0. The Morgan fingerprint density at radius 3 is 1.79 bits per heavy atom. The molecule has 0 fully saturated rings. The number of carbonyl (C=O) groups is 1. The summed E-state index contributed by atoms with van der Waals surface area (Å²) in [5.41, 5.74) is -1.61. The van der Waals surface area contributed by atoms with Crippen LogP contribution in [0, 0.1) is 11.8 Å². The molecule has 2 unspecified atom stereocenters. The van der Waals surface area contributed by atoms with E-state index in [1.54, 1.807) is 14.0 Å². The molecule has 0 aromatic rings. The molecule has 0 saturated carbocycles. The van der Waals surface area contributed by atoms with Crippen LogP contribution < -0.4 is 0 Å². The largest absolute Gasteiger partial charge is 0.438 e. The van der Waals surface area contributed by atoms with Gasteiger partial charge in [-0.05, 0) is 25.7 Å². The van der Waals surface area contributed by atoms with Crippen molar-refractivity contribution in [3.63, 3.8) is 0 Å². The van der Waals surface area contributed by atoms with E-state index in [4.69, 9.17) is 9.47 Å². The molecule has 5 nitrogen and oxygen atoms in total. The molecule has 0 heterocycles.